The van der Waals surface area contributed by atoms with Crippen LogP contribution in [-0.2, 0) is 16.0 Å². The number of methoxy groups -OCH3 is 2. The lowest BCUT2D eigenvalue weighted by molar-refractivity contribution is 0.0536. The number of rotatable bonds is 9. The summed E-state index contributed by atoms with van der Waals surface area (Å²) in [4.78, 5) is 7.17. The molecule has 0 radical (unpaired) electrons. The van der Waals surface area contributed by atoms with Crippen LogP contribution in [0.4, 0.5) is 0 Å². The van der Waals surface area contributed by atoms with Crippen LogP contribution in [-0.4, -0.2) is 64.5 Å². The first-order valence-electron chi connectivity index (χ1n) is 9.41. The van der Waals surface area contributed by atoms with Gasteiger partial charge in [-0.25, -0.2) is 4.99 Å². The summed E-state index contributed by atoms with van der Waals surface area (Å²) in [5, 5.41) is 3.42. The second-order valence-corrected chi connectivity index (χ2v) is 6.64. The standard InChI is InChI=1S/C20H33N3O3.HI/c1-5-21-20(22-13-17-6-7-19(25-4)16(2)12-17)23-9-8-18(14-23)15-26-11-10-24-3;/h6-7,12,18H,5,8-11,13-15H2,1-4H3,(H,21,22);1H. The summed E-state index contributed by atoms with van der Waals surface area (Å²) < 4.78 is 16.0. The Morgan fingerprint density at radius 3 is 2.78 bits per heavy atom. The van der Waals surface area contributed by atoms with Gasteiger partial charge in [-0.3, -0.25) is 0 Å². The molecule has 0 bridgehead atoms. The molecule has 0 aromatic heterocycles. The number of nitrogens with zero attached hydrogens (tertiary/aromatic N) is 2. The average molecular weight is 491 g/mol. The fourth-order valence-corrected chi connectivity index (χ4v) is 3.18. The number of aliphatic imine (C=N–C) groups is 1. The van der Waals surface area contributed by atoms with Crippen LogP contribution < -0.4 is 10.1 Å². The number of nitrogens with one attached hydrogen (secondary N) is 1. The van der Waals surface area contributed by atoms with Crippen molar-refractivity contribution in [2.75, 3.05) is 53.7 Å². The van der Waals surface area contributed by atoms with E-state index in [0.717, 1.165) is 49.9 Å². The lowest BCUT2D eigenvalue weighted by Gasteiger charge is -2.21. The zero-order chi connectivity index (χ0) is 18.8. The molecule has 1 fully saturated rings. The largest absolute Gasteiger partial charge is 0.496 e. The van der Waals surface area contributed by atoms with Crippen molar-refractivity contribution >= 4 is 29.9 Å². The van der Waals surface area contributed by atoms with E-state index in [9.17, 15) is 0 Å². The molecule has 1 heterocycles. The van der Waals surface area contributed by atoms with Crippen LogP contribution in [0.2, 0.25) is 0 Å². The Morgan fingerprint density at radius 1 is 1.30 bits per heavy atom. The highest BCUT2D eigenvalue weighted by molar-refractivity contribution is 14.0. The van der Waals surface area contributed by atoms with Crippen molar-refractivity contribution < 1.29 is 14.2 Å². The molecule has 1 N–H and O–H groups in total. The monoisotopic (exact) mass is 491 g/mol. The molecule has 0 amide bonds. The van der Waals surface area contributed by atoms with Crippen molar-refractivity contribution in [2.45, 2.75) is 26.8 Å². The summed E-state index contributed by atoms with van der Waals surface area (Å²) in [5.74, 6) is 2.46. The molecule has 1 atom stereocenters. The summed E-state index contributed by atoms with van der Waals surface area (Å²) in [6, 6.07) is 6.23. The topological polar surface area (TPSA) is 55.3 Å². The number of aryl methyl sites for hydroxylation is 1. The number of ether oxygens (including phenoxy) is 3. The van der Waals surface area contributed by atoms with Crippen LogP contribution in [0.1, 0.15) is 24.5 Å². The molecule has 1 saturated heterocycles. The highest BCUT2D eigenvalue weighted by Crippen LogP contribution is 2.20. The number of benzene rings is 1. The first kappa shape index (κ1) is 24.0. The van der Waals surface area contributed by atoms with Crippen molar-refractivity contribution in [3.8, 4) is 5.75 Å². The zero-order valence-corrected chi connectivity index (χ0v) is 19.3. The Morgan fingerprint density at radius 2 is 2.11 bits per heavy atom. The van der Waals surface area contributed by atoms with Crippen LogP contribution in [0.25, 0.3) is 0 Å². The van der Waals surface area contributed by atoms with Gasteiger partial charge in [-0.1, -0.05) is 12.1 Å². The average Bonchev–Trinajstić information content (AvgIpc) is 3.11. The Balaban J connectivity index is 0.00000364. The third-order valence-corrected chi connectivity index (χ3v) is 4.58. The molecule has 0 spiro atoms. The summed E-state index contributed by atoms with van der Waals surface area (Å²) in [6.45, 7) is 9.81. The predicted molar refractivity (Wildman–Crippen MR) is 120 cm³/mol. The van der Waals surface area contributed by atoms with Gasteiger partial charge in [0.2, 0.25) is 0 Å². The molecule has 1 unspecified atom stereocenters. The number of hydrogen-bond donors (Lipinski definition) is 1. The molecule has 0 aliphatic carbocycles. The number of hydrogen-bond acceptors (Lipinski definition) is 4. The van der Waals surface area contributed by atoms with Gasteiger partial charge < -0.3 is 24.4 Å². The van der Waals surface area contributed by atoms with E-state index in [4.69, 9.17) is 19.2 Å². The predicted octanol–water partition coefficient (Wildman–Crippen LogP) is 3.07. The van der Waals surface area contributed by atoms with Gasteiger partial charge in [0.1, 0.15) is 5.75 Å². The molecule has 0 saturated carbocycles. The third kappa shape index (κ3) is 7.83. The maximum atomic E-state index is 5.69. The van der Waals surface area contributed by atoms with E-state index in [0.29, 0.717) is 25.7 Å². The molecule has 7 heteroatoms. The molecule has 154 valence electrons. The Labute approximate surface area is 180 Å². The normalized spacial score (nSPS) is 17.0. The fourth-order valence-electron chi connectivity index (χ4n) is 3.18. The molecule has 27 heavy (non-hydrogen) atoms. The minimum absolute atomic E-state index is 0. The van der Waals surface area contributed by atoms with Crippen LogP contribution in [0, 0.1) is 12.8 Å². The Hall–Kier alpha value is -1.06. The van der Waals surface area contributed by atoms with E-state index >= 15 is 0 Å². The van der Waals surface area contributed by atoms with E-state index in [1.165, 1.54) is 5.56 Å². The van der Waals surface area contributed by atoms with E-state index in [2.05, 4.69) is 36.2 Å². The molecule has 2 rings (SSSR count). The van der Waals surface area contributed by atoms with Crippen LogP contribution >= 0.6 is 24.0 Å². The van der Waals surface area contributed by atoms with Crippen molar-refractivity contribution in [3.05, 3.63) is 29.3 Å². The van der Waals surface area contributed by atoms with Crippen LogP contribution in [0.3, 0.4) is 0 Å². The fraction of sp³-hybridized carbons (Fsp3) is 0.650. The second kappa shape index (κ2) is 13.2. The van der Waals surface area contributed by atoms with Crippen molar-refractivity contribution in [3.63, 3.8) is 0 Å². The van der Waals surface area contributed by atoms with Gasteiger partial charge in [-0.15, -0.1) is 24.0 Å². The summed E-state index contributed by atoms with van der Waals surface area (Å²) >= 11 is 0. The maximum Gasteiger partial charge on any atom is 0.194 e. The molecule has 6 nitrogen and oxygen atoms in total. The Bertz CT molecular complexity index is 584. The van der Waals surface area contributed by atoms with E-state index in [1.807, 2.05) is 6.07 Å². The van der Waals surface area contributed by atoms with Crippen molar-refractivity contribution in [1.29, 1.82) is 0 Å². The number of likely N-dealkylation sites (tertiary alicyclic amines) is 1. The van der Waals surface area contributed by atoms with Gasteiger partial charge in [-0.2, -0.15) is 0 Å². The molecular formula is C20H34IN3O3. The first-order chi connectivity index (χ1) is 12.7. The lowest BCUT2D eigenvalue weighted by atomic mass is 10.1. The molecule has 1 aliphatic rings. The maximum absolute atomic E-state index is 5.69. The van der Waals surface area contributed by atoms with Gasteiger partial charge >= 0.3 is 0 Å². The zero-order valence-electron chi connectivity index (χ0n) is 17.0. The van der Waals surface area contributed by atoms with E-state index in [-0.39, 0.29) is 24.0 Å². The van der Waals surface area contributed by atoms with Gasteiger partial charge in [0, 0.05) is 32.7 Å². The smallest absolute Gasteiger partial charge is 0.194 e. The second-order valence-electron chi connectivity index (χ2n) is 6.64. The minimum Gasteiger partial charge on any atom is -0.496 e. The number of halogens is 1. The minimum atomic E-state index is 0. The van der Waals surface area contributed by atoms with Gasteiger partial charge in [0.25, 0.3) is 0 Å². The summed E-state index contributed by atoms with van der Waals surface area (Å²) in [6.07, 6.45) is 1.14. The highest BCUT2D eigenvalue weighted by atomic mass is 127. The highest BCUT2D eigenvalue weighted by Gasteiger charge is 2.24. The van der Waals surface area contributed by atoms with Crippen molar-refractivity contribution in [1.82, 2.24) is 10.2 Å². The quantitative estimate of drug-likeness (QED) is 0.249. The lowest BCUT2D eigenvalue weighted by Crippen LogP contribution is -2.40. The summed E-state index contributed by atoms with van der Waals surface area (Å²) in [5.41, 5.74) is 2.33. The molecule has 1 aromatic rings. The van der Waals surface area contributed by atoms with Gasteiger partial charge in [0.15, 0.2) is 5.96 Å². The van der Waals surface area contributed by atoms with Crippen molar-refractivity contribution in [2.24, 2.45) is 10.9 Å². The summed E-state index contributed by atoms with van der Waals surface area (Å²) in [7, 11) is 3.40. The van der Waals surface area contributed by atoms with Crippen LogP contribution in [0.15, 0.2) is 23.2 Å². The Kier molecular flexibility index (Phi) is 11.7. The SMILES string of the molecule is CCNC(=NCc1ccc(OC)c(C)c1)N1CCC(COCCOC)C1.I. The van der Waals surface area contributed by atoms with E-state index < -0.39 is 0 Å². The molecule has 1 aromatic carbocycles. The third-order valence-electron chi connectivity index (χ3n) is 4.58. The molecular weight excluding hydrogens is 457 g/mol. The van der Waals surface area contributed by atoms with Gasteiger partial charge in [0.05, 0.1) is 33.5 Å². The van der Waals surface area contributed by atoms with E-state index in [1.54, 1.807) is 14.2 Å². The first-order valence-corrected chi connectivity index (χ1v) is 9.41. The van der Waals surface area contributed by atoms with Crippen LogP contribution in [0.5, 0.6) is 5.75 Å². The van der Waals surface area contributed by atoms with Gasteiger partial charge in [-0.05, 0) is 37.5 Å². The molecule has 1 aliphatic heterocycles. The number of guanidine groups is 1.